The number of hydrogen-bond acceptors (Lipinski definition) is 4. The first-order valence-corrected chi connectivity index (χ1v) is 7.44. The van der Waals surface area contributed by atoms with Crippen molar-refractivity contribution in [3.63, 3.8) is 0 Å². The van der Waals surface area contributed by atoms with E-state index in [1.54, 1.807) is 36.4 Å². The molecule has 3 aromatic rings. The van der Waals surface area contributed by atoms with Crippen LogP contribution in [0, 0.1) is 0 Å². The zero-order valence-corrected chi connectivity index (χ0v) is 13.2. The van der Waals surface area contributed by atoms with Crippen LogP contribution in [0.3, 0.4) is 0 Å². The Kier molecular flexibility index (Phi) is 4.58. The van der Waals surface area contributed by atoms with Crippen LogP contribution < -0.4 is 5.43 Å². The van der Waals surface area contributed by atoms with Crippen molar-refractivity contribution in [1.29, 1.82) is 0 Å². The number of hydrazone groups is 1. The Labute approximate surface area is 142 Å². The summed E-state index contributed by atoms with van der Waals surface area (Å²) in [6.45, 7) is 0. The fourth-order valence-corrected chi connectivity index (χ4v) is 2.15. The lowest BCUT2D eigenvalue weighted by Crippen LogP contribution is -2.18. The van der Waals surface area contributed by atoms with E-state index in [1.165, 1.54) is 12.3 Å². The third-order valence-corrected chi connectivity index (χ3v) is 3.52. The average Bonchev–Trinajstić information content (AvgIpc) is 3.07. The molecule has 0 unspecified atom stereocenters. The van der Waals surface area contributed by atoms with Crippen LogP contribution >= 0.6 is 11.6 Å². The molecule has 0 aliphatic carbocycles. The van der Waals surface area contributed by atoms with Gasteiger partial charge in [-0.1, -0.05) is 35.9 Å². The van der Waals surface area contributed by atoms with E-state index in [-0.39, 0.29) is 11.4 Å². The second kappa shape index (κ2) is 6.97. The molecule has 0 saturated heterocycles. The molecule has 0 fully saturated rings. The van der Waals surface area contributed by atoms with Gasteiger partial charge < -0.3 is 5.11 Å². The van der Waals surface area contributed by atoms with Gasteiger partial charge in [0.2, 0.25) is 0 Å². The van der Waals surface area contributed by atoms with Crippen LogP contribution in [0.25, 0.3) is 11.3 Å². The molecule has 0 atom stereocenters. The topological polar surface area (TPSA) is 90.4 Å². The molecule has 24 heavy (non-hydrogen) atoms. The number of phenols is 1. The van der Waals surface area contributed by atoms with Crippen molar-refractivity contribution in [3.05, 3.63) is 70.9 Å². The molecule has 120 valence electrons. The van der Waals surface area contributed by atoms with Gasteiger partial charge in [0.05, 0.1) is 11.9 Å². The normalized spacial score (nSPS) is 10.9. The van der Waals surface area contributed by atoms with Crippen molar-refractivity contribution in [3.8, 4) is 17.0 Å². The number of nitrogens with one attached hydrogen (secondary N) is 2. The van der Waals surface area contributed by atoms with E-state index in [4.69, 9.17) is 11.6 Å². The zero-order valence-electron chi connectivity index (χ0n) is 12.4. The molecule has 0 radical (unpaired) electrons. The highest BCUT2D eigenvalue weighted by Crippen LogP contribution is 2.20. The van der Waals surface area contributed by atoms with Gasteiger partial charge in [0.25, 0.3) is 5.91 Å². The van der Waals surface area contributed by atoms with Crippen LogP contribution in [0.15, 0.2) is 59.7 Å². The third-order valence-electron chi connectivity index (χ3n) is 3.27. The Morgan fingerprint density at radius 3 is 2.71 bits per heavy atom. The maximum Gasteiger partial charge on any atom is 0.289 e. The van der Waals surface area contributed by atoms with Gasteiger partial charge >= 0.3 is 0 Å². The lowest BCUT2D eigenvalue weighted by atomic mass is 10.1. The van der Waals surface area contributed by atoms with Crippen molar-refractivity contribution in [2.45, 2.75) is 0 Å². The van der Waals surface area contributed by atoms with E-state index in [0.717, 1.165) is 5.56 Å². The van der Waals surface area contributed by atoms with Gasteiger partial charge in [-0.25, -0.2) is 5.43 Å². The second-order valence-corrected chi connectivity index (χ2v) is 5.37. The number of phenolic OH excluding ortho intramolecular Hbond substituents is 1. The van der Waals surface area contributed by atoms with E-state index in [1.807, 2.05) is 12.1 Å². The Bertz CT molecular complexity index is 888. The Balaban J connectivity index is 1.68. The van der Waals surface area contributed by atoms with Crippen molar-refractivity contribution in [1.82, 2.24) is 15.6 Å². The van der Waals surface area contributed by atoms with Crippen LogP contribution in [0.1, 0.15) is 16.1 Å². The first kappa shape index (κ1) is 15.8. The molecule has 0 saturated carbocycles. The minimum absolute atomic E-state index is 0.0852. The first-order chi connectivity index (χ1) is 11.6. The van der Waals surface area contributed by atoms with E-state index in [9.17, 15) is 9.90 Å². The number of aromatic amines is 1. The number of hydrogen-bond donors (Lipinski definition) is 3. The second-order valence-electron chi connectivity index (χ2n) is 4.93. The average molecular weight is 341 g/mol. The third kappa shape index (κ3) is 3.61. The highest BCUT2D eigenvalue weighted by Gasteiger charge is 2.10. The van der Waals surface area contributed by atoms with Crippen molar-refractivity contribution in [2.75, 3.05) is 0 Å². The monoisotopic (exact) mass is 340 g/mol. The molecule has 0 aliphatic rings. The van der Waals surface area contributed by atoms with E-state index < -0.39 is 5.91 Å². The van der Waals surface area contributed by atoms with Crippen molar-refractivity contribution >= 4 is 23.7 Å². The zero-order chi connectivity index (χ0) is 16.9. The smallest absolute Gasteiger partial charge is 0.289 e. The summed E-state index contributed by atoms with van der Waals surface area (Å²) in [7, 11) is 0. The summed E-state index contributed by atoms with van der Waals surface area (Å²) in [5.41, 5.74) is 4.62. The SMILES string of the molecule is O=C(N/N=C\c1ccccc1O)c1cc(-c2ccc(Cl)cc2)n[nH]1. The standard InChI is InChI=1S/C17H13ClN4O2/c18-13-7-5-11(6-8-13)14-9-15(21-20-14)17(24)22-19-10-12-3-1-2-4-16(12)23/h1-10,23H,(H,20,21)(H,22,24)/b19-10-. The Hall–Kier alpha value is -3.12. The molecular weight excluding hydrogens is 328 g/mol. The summed E-state index contributed by atoms with van der Waals surface area (Å²) in [6, 6.07) is 15.4. The van der Waals surface area contributed by atoms with Crippen LogP contribution in [-0.4, -0.2) is 27.4 Å². The number of benzene rings is 2. The first-order valence-electron chi connectivity index (χ1n) is 7.06. The molecule has 0 aliphatic heterocycles. The predicted molar refractivity (Wildman–Crippen MR) is 92.2 cm³/mol. The van der Waals surface area contributed by atoms with Crippen LogP contribution in [0.4, 0.5) is 0 Å². The van der Waals surface area contributed by atoms with E-state index >= 15 is 0 Å². The van der Waals surface area contributed by atoms with Crippen molar-refractivity contribution < 1.29 is 9.90 Å². The number of aromatic nitrogens is 2. The number of amides is 1. The lowest BCUT2D eigenvalue weighted by Gasteiger charge is -1.98. The summed E-state index contributed by atoms with van der Waals surface area (Å²) in [4.78, 5) is 12.0. The molecule has 6 nitrogen and oxygen atoms in total. The lowest BCUT2D eigenvalue weighted by molar-refractivity contribution is 0.0950. The number of carbonyl (C=O) groups excluding carboxylic acids is 1. The fourth-order valence-electron chi connectivity index (χ4n) is 2.02. The molecular formula is C17H13ClN4O2. The summed E-state index contributed by atoms with van der Waals surface area (Å²) in [5, 5.41) is 20.8. The quantitative estimate of drug-likeness (QED) is 0.503. The summed E-state index contributed by atoms with van der Waals surface area (Å²) in [6.07, 6.45) is 1.36. The van der Waals surface area contributed by atoms with Gasteiger partial charge in [0, 0.05) is 16.1 Å². The van der Waals surface area contributed by atoms with Crippen LogP contribution in [0.2, 0.25) is 5.02 Å². The van der Waals surface area contributed by atoms with Gasteiger partial charge in [0.15, 0.2) is 0 Å². The van der Waals surface area contributed by atoms with Gasteiger partial charge in [-0.15, -0.1) is 0 Å². The molecule has 0 spiro atoms. The number of nitrogens with zero attached hydrogens (tertiary/aromatic N) is 2. The van der Waals surface area contributed by atoms with E-state index in [2.05, 4.69) is 20.7 Å². The largest absolute Gasteiger partial charge is 0.507 e. The van der Waals surface area contributed by atoms with Crippen LogP contribution in [-0.2, 0) is 0 Å². The number of para-hydroxylation sites is 1. The maximum atomic E-state index is 12.0. The van der Waals surface area contributed by atoms with Crippen LogP contribution in [0.5, 0.6) is 5.75 Å². The number of halogens is 1. The Morgan fingerprint density at radius 2 is 1.96 bits per heavy atom. The molecule has 2 aromatic carbocycles. The highest BCUT2D eigenvalue weighted by molar-refractivity contribution is 6.30. The maximum absolute atomic E-state index is 12.0. The minimum Gasteiger partial charge on any atom is -0.507 e. The fraction of sp³-hybridized carbons (Fsp3) is 0. The number of H-pyrrole nitrogens is 1. The summed E-state index contributed by atoms with van der Waals surface area (Å²) < 4.78 is 0. The molecule has 0 bridgehead atoms. The summed E-state index contributed by atoms with van der Waals surface area (Å²) in [5.74, 6) is -0.351. The van der Waals surface area contributed by atoms with Gasteiger partial charge in [-0.2, -0.15) is 10.2 Å². The Morgan fingerprint density at radius 1 is 1.21 bits per heavy atom. The molecule has 1 aromatic heterocycles. The van der Waals surface area contributed by atoms with Gasteiger partial charge in [0.1, 0.15) is 11.4 Å². The predicted octanol–water partition coefficient (Wildman–Crippen LogP) is 3.20. The number of aromatic hydroxyl groups is 1. The van der Waals surface area contributed by atoms with Gasteiger partial charge in [-0.3, -0.25) is 9.89 Å². The van der Waals surface area contributed by atoms with E-state index in [0.29, 0.717) is 16.3 Å². The molecule has 3 N–H and O–H groups in total. The minimum atomic E-state index is -0.436. The number of rotatable bonds is 4. The molecule has 1 heterocycles. The molecule has 7 heteroatoms. The summed E-state index contributed by atoms with van der Waals surface area (Å²) >= 11 is 5.85. The molecule has 3 rings (SSSR count). The highest BCUT2D eigenvalue weighted by atomic mass is 35.5. The van der Waals surface area contributed by atoms with Crippen molar-refractivity contribution in [2.24, 2.45) is 5.10 Å². The molecule has 1 amide bonds. The van der Waals surface area contributed by atoms with Gasteiger partial charge in [-0.05, 0) is 30.3 Å². The number of carbonyl (C=O) groups is 1.